The molecule has 432 valence electrons. The highest BCUT2D eigenvalue weighted by Gasteiger charge is 2.51. The fraction of sp³-hybridized carbons (Fsp3) is 0.309. The molecular weight excluding hydrogens is 975 g/mol. The number of amides is 1. The first-order chi connectivity index (χ1) is 38.3. The molecule has 2 aliphatic rings. The maximum absolute atomic E-state index is 13.7. The van der Waals surface area contributed by atoms with E-state index in [2.05, 4.69) is 137 Å². The molecular formula is C68H101NO9. The number of carbonyl (C=O) groups excluding carboxylic acids is 1. The van der Waals surface area contributed by atoms with Crippen molar-refractivity contribution in [2.45, 2.75) is 121 Å². The minimum atomic E-state index is -1.06. The maximum Gasteiger partial charge on any atom is 0.297 e. The van der Waals surface area contributed by atoms with Gasteiger partial charge < -0.3 is 43.2 Å². The molecule has 1 N–H and O–H groups in total. The number of hydrogen-bond donors (Lipinski definition) is 1. The van der Waals surface area contributed by atoms with Crippen LogP contribution in [0.25, 0.3) is 0 Å². The van der Waals surface area contributed by atoms with E-state index in [1.54, 1.807) is 0 Å². The molecule has 0 radical (unpaired) electrons. The molecule has 0 aliphatic carbocycles. The third kappa shape index (κ3) is 21.4. The van der Waals surface area contributed by atoms with Gasteiger partial charge in [-0.2, -0.15) is 0 Å². The topological polar surface area (TPSA) is 103 Å². The van der Waals surface area contributed by atoms with Gasteiger partial charge in [0.1, 0.15) is 30.5 Å². The van der Waals surface area contributed by atoms with Crippen LogP contribution in [0.1, 0.15) is 93.7 Å². The number of hydrogen-bond acceptors (Lipinski definition) is 9. The van der Waals surface area contributed by atoms with Crippen LogP contribution in [0, 0.1) is 131 Å². The lowest BCUT2D eigenvalue weighted by atomic mass is 9.97. The predicted molar refractivity (Wildman–Crippen MR) is 344 cm³/mol. The first-order valence-electron chi connectivity index (χ1n) is 25.3. The van der Waals surface area contributed by atoms with Crippen molar-refractivity contribution in [3.63, 3.8) is 0 Å². The van der Waals surface area contributed by atoms with Crippen LogP contribution in [-0.4, -0.2) is 73.9 Å². The summed E-state index contributed by atoms with van der Waals surface area (Å²) >= 11 is 0. The van der Waals surface area contributed by atoms with Gasteiger partial charge in [-0.05, 0) is 137 Å². The maximum atomic E-state index is 13.7. The molecule has 10 heteroatoms. The molecule has 0 spiro atoms. The van der Waals surface area contributed by atoms with E-state index >= 15 is 0 Å². The normalized spacial score (nSPS) is 19.2. The highest BCUT2D eigenvalue weighted by Crippen LogP contribution is 2.35. The van der Waals surface area contributed by atoms with Crippen molar-refractivity contribution in [3.8, 4) is 131 Å². The molecule has 2 heterocycles. The van der Waals surface area contributed by atoms with Crippen molar-refractivity contribution in [1.29, 1.82) is 0 Å². The third-order valence-corrected chi connectivity index (χ3v) is 11.4. The van der Waals surface area contributed by atoms with E-state index in [4.69, 9.17) is 44.3 Å². The summed E-state index contributed by atoms with van der Waals surface area (Å²) in [5, 5.41) is 3.04. The molecule has 6 rings (SSSR count). The van der Waals surface area contributed by atoms with Gasteiger partial charge >= 0.3 is 0 Å². The Kier molecular flexibility index (Phi) is 25.5. The number of unbranched alkanes of at least 4 members (excludes halogenated alkanes) is 1. The van der Waals surface area contributed by atoms with Crippen molar-refractivity contribution < 1.29 is 74.1 Å². The lowest BCUT2D eigenvalue weighted by molar-refractivity contribution is -0.329. The van der Waals surface area contributed by atoms with Crippen molar-refractivity contribution in [2.75, 3.05) is 13.2 Å². The van der Waals surface area contributed by atoms with Gasteiger partial charge in [-0.25, -0.2) is 0 Å². The zero-order valence-corrected chi connectivity index (χ0v) is 43.8. The Morgan fingerprint density at radius 2 is 0.974 bits per heavy atom. The highest BCUT2D eigenvalue weighted by molar-refractivity contribution is 5.94. The number of terminal acetylenes is 1. The summed E-state index contributed by atoms with van der Waals surface area (Å²) in [5.41, 5.74) is 3.87. The van der Waals surface area contributed by atoms with Crippen molar-refractivity contribution in [3.05, 3.63) is 144 Å². The van der Waals surface area contributed by atoms with Crippen molar-refractivity contribution in [1.82, 2.24) is 5.32 Å². The molecule has 0 bridgehead atoms. The Balaban J connectivity index is -0.000000209. The smallest absolute Gasteiger partial charge is 0.297 e. The quantitative estimate of drug-likeness (QED) is 0.0817. The van der Waals surface area contributed by atoms with Crippen molar-refractivity contribution >= 4 is 5.91 Å². The molecule has 2 fully saturated rings. The first-order valence-corrected chi connectivity index (χ1v) is 25.3. The number of rotatable bonds is 21. The van der Waals surface area contributed by atoms with Crippen LogP contribution in [0.15, 0.2) is 121 Å². The molecule has 2 saturated heterocycles. The average molecular weight is 1080 g/mol. The van der Waals surface area contributed by atoms with Crippen LogP contribution < -0.4 is 5.32 Å². The van der Waals surface area contributed by atoms with Gasteiger partial charge in [0.25, 0.3) is 5.91 Å². The van der Waals surface area contributed by atoms with Crippen LogP contribution in [0.3, 0.4) is 0 Å². The van der Waals surface area contributed by atoms with Gasteiger partial charge in [0.05, 0.1) is 51.8 Å². The van der Waals surface area contributed by atoms with E-state index in [1.165, 1.54) is 0 Å². The molecule has 4 aromatic rings. The van der Waals surface area contributed by atoms with Gasteiger partial charge in [-0.3, -0.25) is 4.79 Å². The largest absolute Gasteiger partial charge is 0.374 e. The monoisotopic (exact) mass is 1080 g/mol. The third-order valence-electron chi connectivity index (χ3n) is 11.4. The zero-order chi connectivity index (χ0) is 54.7. The van der Waals surface area contributed by atoms with E-state index in [-0.39, 0.29) is 70.5 Å². The van der Waals surface area contributed by atoms with E-state index in [0.717, 1.165) is 35.1 Å². The Bertz CT molecular complexity index is 3370. The lowest BCUT2D eigenvalue weighted by Gasteiger charge is -2.46. The van der Waals surface area contributed by atoms with E-state index in [0.29, 0.717) is 13.0 Å². The van der Waals surface area contributed by atoms with E-state index in [9.17, 15) is 4.79 Å². The molecule has 0 aromatic heterocycles. The van der Waals surface area contributed by atoms with Gasteiger partial charge in [0, 0.05) is 61.0 Å². The van der Waals surface area contributed by atoms with Crippen LogP contribution >= 0.6 is 0 Å². The molecule has 10 nitrogen and oxygen atoms in total. The number of benzene rings is 4. The summed E-state index contributed by atoms with van der Waals surface area (Å²) in [5.74, 6) is 51.1. The Morgan fingerprint density at radius 3 is 1.44 bits per heavy atom. The standard InChI is InChI=1S/C68H57NO9.22H2/c1-5-7-9-10-11-12-13-14-15-16-17-18-19-20-21-22-23-24-25-38-48-62(70)69-59(63-60(47-8-6-2)77-68(3,4)78-63)53-75-67-66(74-52-58-45-36-29-37-46-58)65(73-51-57-43-34-28-35-44-57)64(72-50-56-41-32-27-33-42-56)61(76-67)54-71-49-55-39-30-26-31-40-55;;;;;;;;;;;;;;;;;;;;;;/h1,26-37,39-46,59-61,63-67H,6,8,47,49-54H2,2-4H3,(H,69,70);22*1H/t59-,60+,61?,63-,64?,65?,66?,67?;;;;;;;;;;;;;;;;;;;;;;/m0....................../s1. The Labute approximate surface area is 493 Å². The van der Waals surface area contributed by atoms with E-state index in [1.807, 2.05) is 135 Å². The second-order valence-corrected chi connectivity index (χ2v) is 17.7. The lowest BCUT2D eigenvalue weighted by Crippen LogP contribution is -2.62. The average Bonchev–Trinajstić information content (AvgIpc) is 1.12. The van der Waals surface area contributed by atoms with Gasteiger partial charge in [0.15, 0.2) is 12.1 Å². The molecule has 4 aromatic carbocycles. The fourth-order valence-electron chi connectivity index (χ4n) is 7.99. The second-order valence-electron chi connectivity index (χ2n) is 17.7. The summed E-state index contributed by atoms with van der Waals surface area (Å²) in [4.78, 5) is 13.7. The first kappa shape index (κ1) is 58.5. The molecule has 8 atom stereocenters. The minimum absolute atomic E-state index is 0. The van der Waals surface area contributed by atoms with Crippen LogP contribution in [-0.2, 0) is 69.1 Å². The number of carbonyl (C=O) groups is 1. The summed E-state index contributed by atoms with van der Waals surface area (Å²) in [6.45, 7) is 6.90. The predicted octanol–water partition coefficient (Wildman–Crippen LogP) is 13.0. The molecule has 78 heavy (non-hydrogen) atoms. The molecule has 1 amide bonds. The van der Waals surface area contributed by atoms with Gasteiger partial charge in [0.2, 0.25) is 0 Å². The summed E-state index contributed by atoms with van der Waals surface area (Å²) in [6.07, 6.45) is 2.43. The zero-order valence-electron chi connectivity index (χ0n) is 43.8. The highest BCUT2D eigenvalue weighted by atomic mass is 16.8. The summed E-state index contributed by atoms with van der Waals surface area (Å²) in [6, 6.07) is 38.8. The number of ether oxygens (including phenoxy) is 8. The van der Waals surface area contributed by atoms with Gasteiger partial charge in [-0.15, -0.1) is 6.42 Å². The van der Waals surface area contributed by atoms with Gasteiger partial charge in [-0.1, -0.05) is 141 Å². The van der Waals surface area contributed by atoms with Crippen molar-refractivity contribution in [2.24, 2.45) is 0 Å². The summed E-state index contributed by atoms with van der Waals surface area (Å²) < 4.78 is 53.9. The Morgan fingerprint density at radius 1 is 0.551 bits per heavy atom. The summed E-state index contributed by atoms with van der Waals surface area (Å²) in [7, 11) is 0. The second kappa shape index (κ2) is 34.0. The van der Waals surface area contributed by atoms with Crippen LogP contribution in [0.2, 0.25) is 0 Å². The molecule has 2 aliphatic heterocycles. The number of nitrogens with one attached hydrogen (secondary N) is 1. The fourth-order valence-corrected chi connectivity index (χ4v) is 7.99. The van der Waals surface area contributed by atoms with E-state index < -0.39 is 54.5 Å². The minimum Gasteiger partial charge on any atom is -0.374 e. The molecule has 5 unspecified atom stereocenters. The SMILES string of the molecule is C#CC#CC#CC#CC#CC#CC#CC#CC#CC#CC#CC(=O)N[C@@H](COC1OC(COCc2ccccc2)C(OCc2ccccc2)C(OCc2ccccc2)C1OCc1ccccc1)[C@@H]1OC(C)(C)O[C@@H]1CCCC.[HH].[HH].[HH].[HH].[HH].[HH].[HH].[HH].[HH].[HH].[HH].[HH].[HH].[HH].[HH].[HH].[HH].[HH].[HH].[HH].[HH].[HH]. The Hall–Kier alpha value is -8.81. The van der Waals surface area contributed by atoms with Crippen LogP contribution in [0.4, 0.5) is 0 Å². The molecule has 0 saturated carbocycles. The van der Waals surface area contributed by atoms with Crippen LogP contribution in [0.5, 0.6) is 0 Å².